The molecule has 23 heavy (non-hydrogen) atoms. The normalized spacial score (nSPS) is 20.0. The van der Waals surface area contributed by atoms with Gasteiger partial charge in [-0.3, -0.25) is 4.79 Å². The summed E-state index contributed by atoms with van der Waals surface area (Å²) in [5.41, 5.74) is 1.28. The zero-order valence-corrected chi connectivity index (χ0v) is 14.5. The average molecular weight is 338 g/mol. The molecule has 3 rings (SSSR count). The van der Waals surface area contributed by atoms with E-state index in [0.29, 0.717) is 36.0 Å². The molecule has 0 N–H and O–H groups in total. The Bertz CT molecular complexity index is 717. The van der Waals surface area contributed by atoms with Crippen molar-refractivity contribution in [2.45, 2.75) is 37.6 Å². The van der Waals surface area contributed by atoms with E-state index in [-0.39, 0.29) is 17.3 Å². The molecule has 0 radical (unpaired) electrons. The first-order valence-corrected chi connectivity index (χ1v) is 9.23. The van der Waals surface area contributed by atoms with Gasteiger partial charge in [-0.2, -0.15) is 4.31 Å². The van der Waals surface area contributed by atoms with Gasteiger partial charge >= 0.3 is 0 Å². The Labute approximate surface area is 137 Å². The number of piperazine rings is 1. The second-order valence-electron chi connectivity index (χ2n) is 6.25. The van der Waals surface area contributed by atoms with Crippen LogP contribution < -0.4 is 4.74 Å². The molecule has 1 saturated heterocycles. The van der Waals surface area contributed by atoms with Gasteiger partial charge in [-0.05, 0) is 49.9 Å². The van der Waals surface area contributed by atoms with Crippen LogP contribution >= 0.6 is 0 Å². The van der Waals surface area contributed by atoms with Crippen molar-refractivity contribution < 1.29 is 17.9 Å². The van der Waals surface area contributed by atoms with Gasteiger partial charge in [0.15, 0.2) is 0 Å². The number of hydrogen-bond acceptors (Lipinski definition) is 4. The lowest BCUT2D eigenvalue weighted by Crippen LogP contribution is -2.52. The SMILES string of the molecule is COc1cc(C)c(S(=O)(=O)N2CCN(C3CC3)C(=O)C2)c(C)c1. The second-order valence-corrected chi connectivity index (χ2v) is 8.12. The van der Waals surface area contributed by atoms with Gasteiger partial charge in [-0.1, -0.05) is 0 Å². The van der Waals surface area contributed by atoms with Crippen molar-refractivity contribution in [1.29, 1.82) is 0 Å². The molecule has 0 spiro atoms. The highest BCUT2D eigenvalue weighted by Crippen LogP contribution is 2.31. The maximum absolute atomic E-state index is 13.0. The summed E-state index contributed by atoms with van der Waals surface area (Å²) < 4.78 is 32.4. The van der Waals surface area contributed by atoms with Crippen LogP contribution in [-0.4, -0.2) is 56.3 Å². The molecule has 7 heteroatoms. The number of carbonyl (C=O) groups excluding carboxylic acids is 1. The summed E-state index contributed by atoms with van der Waals surface area (Å²) in [5.74, 6) is 0.541. The van der Waals surface area contributed by atoms with E-state index in [4.69, 9.17) is 4.74 Å². The number of ether oxygens (including phenoxy) is 1. The number of nitrogens with zero attached hydrogens (tertiary/aromatic N) is 2. The molecule has 0 unspecified atom stereocenters. The van der Waals surface area contributed by atoms with Crippen LogP contribution in [0.1, 0.15) is 24.0 Å². The van der Waals surface area contributed by atoms with E-state index in [1.165, 1.54) is 4.31 Å². The van der Waals surface area contributed by atoms with Crippen LogP contribution in [0, 0.1) is 13.8 Å². The maximum atomic E-state index is 13.0. The number of benzene rings is 1. The molecule has 0 aromatic heterocycles. The Morgan fingerprint density at radius 1 is 1.13 bits per heavy atom. The zero-order chi connectivity index (χ0) is 16.8. The lowest BCUT2D eigenvalue weighted by Gasteiger charge is -2.34. The summed E-state index contributed by atoms with van der Waals surface area (Å²) >= 11 is 0. The summed E-state index contributed by atoms with van der Waals surface area (Å²) in [6.45, 7) is 4.28. The molecular formula is C16H22N2O4S. The largest absolute Gasteiger partial charge is 0.497 e. The molecule has 0 bridgehead atoms. The van der Waals surface area contributed by atoms with Crippen molar-refractivity contribution in [2.75, 3.05) is 26.7 Å². The Balaban J connectivity index is 1.89. The molecule has 1 amide bonds. The third-order valence-electron chi connectivity index (χ3n) is 4.48. The molecular weight excluding hydrogens is 316 g/mol. The van der Waals surface area contributed by atoms with Gasteiger partial charge in [-0.15, -0.1) is 0 Å². The van der Waals surface area contributed by atoms with E-state index in [1.54, 1.807) is 33.1 Å². The first-order chi connectivity index (χ1) is 10.8. The fourth-order valence-electron chi connectivity index (χ4n) is 3.21. The minimum atomic E-state index is -3.68. The van der Waals surface area contributed by atoms with E-state index in [0.717, 1.165) is 12.8 Å². The van der Waals surface area contributed by atoms with Crippen LogP contribution in [0.3, 0.4) is 0 Å². The van der Waals surface area contributed by atoms with Crippen LogP contribution in [0.4, 0.5) is 0 Å². The number of amides is 1. The fourth-order valence-corrected chi connectivity index (χ4v) is 5.00. The van der Waals surface area contributed by atoms with Crippen molar-refractivity contribution in [3.8, 4) is 5.75 Å². The predicted octanol–water partition coefficient (Wildman–Crippen LogP) is 1.31. The molecule has 0 atom stereocenters. The fraction of sp³-hybridized carbons (Fsp3) is 0.562. The van der Waals surface area contributed by atoms with Gasteiger partial charge in [0, 0.05) is 19.1 Å². The van der Waals surface area contributed by atoms with Gasteiger partial charge in [0.2, 0.25) is 15.9 Å². The third-order valence-corrected chi connectivity index (χ3v) is 6.63. The van der Waals surface area contributed by atoms with E-state index in [9.17, 15) is 13.2 Å². The maximum Gasteiger partial charge on any atom is 0.244 e. The Morgan fingerprint density at radius 2 is 1.74 bits per heavy atom. The van der Waals surface area contributed by atoms with E-state index in [1.807, 2.05) is 4.90 Å². The Morgan fingerprint density at radius 3 is 2.22 bits per heavy atom. The number of aryl methyl sites for hydroxylation is 2. The van der Waals surface area contributed by atoms with Crippen LogP contribution in [-0.2, 0) is 14.8 Å². The predicted molar refractivity (Wildman–Crippen MR) is 86.0 cm³/mol. The topological polar surface area (TPSA) is 66.9 Å². The smallest absolute Gasteiger partial charge is 0.244 e. The highest BCUT2D eigenvalue weighted by molar-refractivity contribution is 7.89. The van der Waals surface area contributed by atoms with Gasteiger partial charge in [0.05, 0.1) is 18.6 Å². The first-order valence-electron chi connectivity index (χ1n) is 7.79. The summed E-state index contributed by atoms with van der Waals surface area (Å²) in [6, 6.07) is 3.75. The van der Waals surface area contributed by atoms with Crippen molar-refractivity contribution >= 4 is 15.9 Å². The first kappa shape index (κ1) is 16.3. The summed E-state index contributed by atoms with van der Waals surface area (Å²) in [6.07, 6.45) is 2.07. The number of hydrogen-bond donors (Lipinski definition) is 0. The molecule has 1 aromatic carbocycles. The number of methoxy groups -OCH3 is 1. The summed E-state index contributed by atoms with van der Waals surface area (Å²) in [4.78, 5) is 14.3. The molecule has 1 heterocycles. The van der Waals surface area contributed by atoms with Crippen molar-refractivity contribution in [3.63, 3.8) is 0 Å². The Kier molecular flexibility index (Phi) is 4.10. The van der Waals surface area contributed by atoms with Crippen LogP contribution in [0.5, 0.6) is 5.75 Å². The third kappa shape index (κ3) is 2.95. The number of sulfonamides is 1. The Hall–Kier alpha value is -1.60. The van der Waals surface area contributed by atoms with Crippen molar-refractivity contribution in [1.82, 2.24) is 9.21 Å². The van der Waals surface area contributed by atoms with Gasteiger partial charge in [0.25, 0.3) is 0 Å². The molecule has 1 saturated carbocycles. The zero-order valence-electron chi connectivity index (χ0n) is 13.7. The van der Waals surface area contributed by atoms with Crippen LogP contribution in [0.15, 0.2) is 17.0 Å². The standard InChI is InChI=1S/C16H22N2O4S/c1-11-8-14(22-3)9-12(2)16(11)23(20,21)17-6-7-18(13-4-5-13)15(19)10-17/h8-9,13H,4-7,10H2,1-3H3. The highest BCUT2D eigenvalue weighted by Gasteiger charge is 2.39. The molecule has 1 aliphatic carbocycles. The molecule has 2 fully saturated rings. The second kappa shape index (κ2) is 5.79. The van der Waals surface area contributed by atoms with Gasteiger partial charge in [0.1, 0.15) is 5.75 Å². The molecule has 1 aromatic rings. The molecule has 1 aliphatic heterocycles. The highest BCUT2D eigenvalue weighted by atomic mass is 32.2. The monoisotopic (exact) mass is 338 g/mol. The van der Waals surface area contributed by atoms with E-state index >= 15 is 0 Å². The summed E-state index contributed by atoms with van der Waals surface area (Å²) in [7, 11) is -2.13. The van der Waals surface area contributed by atoms with Gasteiger partial charge < -0.3 is 9.64 Å². The summed E-state index contributed by atoms with van der Waals surface area (Å²) in [5, 5.41) is 0. The van der Waals surface area contributed by atoms with E-state index < -0.39 is 10.0 Å². The minimum Gasteiger partial charge on any atom is -0.497 e. The quantitative estimate of drug-likeness (QED) is 0.830. The van der Waals surface area contributed by atoms with Crippen molar-refractivity contribution in [3.05, 3.63) is 23.3 Å². The van der Waals surface area contributed by atoms with Gasteiger partial charge in [-0.25, -0.2) is 8.42 Å². The van der Waals surface area contributed by atoms with Crippen LogP contribution in [0.2, 0.25) is 0 Å². The lowest BCUT2D eigenvalue weighted by atomic mass is 10.1. The van der Waals surface area contributed by atoms with E-state index in [2.05, 4.69) is 0 Å². The average Bonchev–Trinajstić information content (AvgIpc) is 3.30. The molecule has 6 nitrogen and oxygen atoms in total. The number of carbonyl (C=O) groups is 1. The lowest BCUT2D eigenvalue weighted by molar-refractivity contribution is -0.134. The van der Waals surface area contributed by atoms with Crippen LogP contribution in [0.25, 0.3) is 0 Å². The van der Waals surface area contributed by atoms with Crippen molar-refractivity contribution in [2.24, 2.45) is 0 Å². The number of rotatable bonds is 4. The molecule has 126 valence electrons. The minimum absolute atomic E-state index is 0.0657. The molecule has 2 aliphatic rings.